The van der Waals surface area contributed by atoms with Gasteiger partial charge < -0.3 is 26.4 Å². The van der Waals surface area contributed by atoms with E-state index in [1.807, 2.05) is 19.1 Å². The summed E-state index contributed by atoms with van der Waals surface area (Å²) in [7, 11) is 1.57. The summed E-state index contributed by atoms with van der Waals surface area (Å²) in [6.45, 7) is 2.79. The van der Waals surface area contributed by atoms with Crippen molar-refractivity contribution < 1.29 is 14.3 Å². The van der Waals surface area contributed by atoms with Gasteiger partial charge in [-0.1, -0.05) is 12.1 Å². The van der Waals surface area contributed by atoms with Crippen LogP contribution in [0.5, 0.6) is 0 Å². The molecule has 0 aliphatic rings. The number of hydrogen-bond acceptors (Lipinski definition) is 3. The first-order valence-electron chi connectivity index (χ1n) is 6.22. The molecular weight excluding hydrogens is 260 g/mol. The van der Waals surface area contributed by atoms with Crippen LogP contribution in [-0.2, 0) is 4.74 Å². The molecule has 1 aromatic rings. The largest absolute Gasteiger partial charge is 0.383 e. The number of primary amides is 1. The Labute approximate surface area is 117 Å². The Kier molecular flexibility index (Phi) is 6.31. The molecule has 0 radical (unpaired) electrons. The number of ether oxygens (including phenoxy) is 1. The summed E-state index contributed by atoms with van der Waals surface area (Å²) in [6.07, 6.45) is 0. The number of nitrogens with one attached hydrogen (secondary N) is 3. The Morgan fingerprint density at radius 3 is 2.50 bits per heavy atom. The molecule has 0 spiro atoms. The number of methoxy groups -OCH3 is 1. The number of anilines is 1. The van der Waals surface area contributed by atoms with Gasteiger partial charge in [0.1, 0.15) is 0 Å². The van der Waals surface area contributed by atoms with Gasteiger partial charge in [0.05, 0.1) is 12.6 Å². The molecule has 5 N–H and O–H groups in total. The minimum Gasteiger partial charge on any atom is -0.383 e. The quantitative estimate of drug-likeness (QED) is 0.588. The van der Waals surface area contributed by atoms with Crippen molar-refractivity contribution in [3.63, 3.8) is 0 Å². The third kappa shape index (κ3) is 5.57. The second-order valence-electron chi connectivity index (χ2n) is 4.23. The average Bonchev–Trinajstić information content (AvgIpc) is 2.39. The fourth-order valence-corrected chi connectivity index (χ4v) is 1.60. The standard InChI is InChI=1S/C13H20N4O3/c1-9(16-13(19)15-7-8-20-2)10-3-5-11(6-4-10)17-12(14)18/h3-6,9H,7-8H2,1-2H3,(H3,14,17,18)(H2,15,16,19)/t9-/m1/s1. The summed E-state index contributed by atoms with van der Waals surface area (Å²) in [5, 5.41) is 7.94. The summed E-state index contributed by atoms with van der Waals surface area (Å²) in [4.78, 5) is 22.3. The van der Waals surface area contributed by atoms with E-state index in [-0.39, 0.29) is 12.1 Å². The van der Waals surface area contributed by atoms with E-state index >= 15 is 0 Å². The van der Waals surface area contributed by atoms with Gasteiger partial charge in [0.2, 0.25) is 0 Å². The molecular formula is C13H20N4O3. The number of benzene rings is 1. The molecule has 0 bridgehead atoms. The second-order valence-corrected chi connectivity index (χ2v) is 4.23. The van der Waals surface area contributed by atoms with Gasteiger partial charge in [-0.05, 0) is 24.6 Å². The first-order valence-corrected chi connectivity index (χ1v) is 6.22. The van der Waals surface area contributed by atoms with Crippen LogP contribution < -0.4 is 21.7 Å². The topological polar surface area (TPSA) is 105 Å². The van der Waals surface area contributed by atoms with Crippen LogP contribution in [0.4, 0.5) is 15.3 Å². The summed E-state index contributed by atoms with van der Waals surface area (Å²) in [6, 6.07) is 6.05. The van der Waals surface area contributed by atoms with Gasteiger partial charge in [0.15, 0.2) is 0 Å². The molecule has 4 amide bonds. The van der Waals surface area contributed by atoms with E-state index in [9.17, 15) is 9.59 Å². The van der Waals surface area contributed by atoms with Gasteiger partial charge in [-0.2, -0.15) is 0 Å². The van der Waals surface area contributed by atoms with Gasteiger partial charge in [0, 0.05) is 19.3 Å². The SMILES string of the molecule is COCCNC(=O)N[C@H](C)c1ccc(NC(N)=O)cc1. The fraction of sp³-hybridized carbons (Fsp3) is 0.385. The van der Waals surface area contributed by atoms with Crippen LogP contribution >= 0.6 is 0 Å². The van der Waals surface area contributed by atoms with Gasteiger partial charge >= 0.3 is 12.1 Å². The first-order chi connectivity index (χ1) is 9.52. The number of rotatable bonds is 6. The van der Waals surface area contributed by atoms with Crippen molar-refractivity contribution in [2.24, 2.45) is 5.73 Å². The van der Waals surface area contributed by atoms with Crippen molar-refractivity contribution in [2.45, 2.75) is 13.0 Å². The number of amides is 4. The molecule has 1 rings (SSSR count). The zero-order chi connectivity index (χ0) is 15.0. The minimum absolute atomic E-state index is 0.153. The highest BCUT2D eigenvalue weighted by Crippen LogP contribution is 2.15. The average molecular weight is 280 g/mol. The number of urea groups is 2. The van der Waals surface area contributed by atoms with Crippen LogP contribution in [-0.4, -0.2) is 32.3 Å². The van der Waals surface area contributed by atoms with Crippen molar-refractivity contribution in [3.8, 4) is 0 Å². The minimum atomic E-state index is -0.610. The molecule has 0 fully saturated rings. The summed E-state index contributed by atoms with van der Waals surface area (Å²) < 4.78 is 4.84. The van der Waals surface area contributed by atoms with Crippen LogP contribution in [0.15, 0.2) is 24.3 Å². The van der Waals surface area contributed by atoms with Gasteiger partial charge in [0.25, 0.3) is 0 Å². The first kappa shape index (κ1) is 15.8. The Morgan fingerprint density at radius 1 is 1.30 bits per heavy atom. The Hall–Kier alpha value is -2.28. The molecule has 0 heterocycles. The normalized spacial score (nSPS) is 11.5. The van der Waals surface area contributed by atoms with E-state index in [1.54, 1.807) is 19.2 Å². The smallest absolute Gasteiger partial charge is 0.316 e. The predicted octanol–water partition coefficient (Wildman–Crippen LogP) is 1.18. The lowest BCUT2D eigenvalue weighted by molar-refractivity contribution is 0.195. The molecule has 0 aliphatic heterocycles. The lowest BCUT2D eigenvalue weighted by Crippen LogP contribution is -2.38. The van der Waals surface area contributed by atoms with E-state index < -0.39 is 6.03 Å². The number of nitrogens with two attached hydrogens (primary N) is 1. The summed E-state index contributed by atoms with van der Waals surface area (Å²) >= 11 is 0. The molecule has 0 aromatic heterocycles. The third-order valence-electron chi connectivity index (χ3n) is 2.62. The Morgan fingerprint density at radius 2 is 1.95 bits per heavy atom. The molecule has 7 heteroatoms. The molecule has 7 nitrogen and oxygen atoms in total. The van der Waals surface area contributed by atoms with Gasteiger partial charge in [-0.25, -0.2) is 9.59 Å². The lowest BCUT2D eigenvalue weighted by Gasteiger charge is -2.15. The number of hydrogen-bond donors (Lipinski definition) is 4. The maximum absolute atomic E-state index is 11.6. The van der Waals surface area contributed by atoms with Crippen LogP contribution in [0.3, 0.4) is 0 Å². The maximum atomic E-state index is 11.6. The molecule has 20 heavy (non-hydrogen) atoms. The summed E-state index contributed by atoms with van der Waals surface area (Å²) in [5.74, 6) is 0. The van der Waals surface area contributed by atoms with Crippen LogP contribution in [0.25, 0.3) is 0 Å². The Balaban J connectivity index is 2.48. The zero-order valence-corrected chi connectivity index (χ0v) is 11.6. The zero-order valence-electron chi connectivity index (χ0n) is 11.6. The highest BCUT2D eigenvalue weighted by Gasteiger charge is 2.09. The van der Waals surface area contributed by atoms with Crippen molar-refractivity contribution >= 4 is 17.7 Å². The maximum Gasteiger partial charge on any atom is 0.316 e. The Bertz CT molecular complexity index is 447. The molecule has 0 saturated heterocycles. The van der Waals surface area contributed by atoms with Crippen LogP contribution in [0.1, 0.15) is 18.5 Å². The molecule has 0 saturated carbocycles. The monoisotopic (exact) mass is 280 g/mol. The molecule has 1 atom stereocenters. The van der Waals surface area contributed by atoms with Crippen molar-refractivity contribution in [1.29, 1.82) is 0 Å². The van der Waals surface area contributed by atoms with E-state index in [0.29, 0.717) is 18.8 Å². The third-order valence-corrected chi connectivity index (χ3v) is 2.62. The van der Waals surface area contributed by atoms with Gasteiger partial charge in [-0.15, -0.1) is 0 Å². The molecule has 0 unspecified atom stereocenters. The second kappa shape index (κ2) is 8.00. The van der Waals surface area contributed by atoms with Crippen LogP contribution in [0.2, 0.25) is 0 Å². The van der Waals surface area contributed by atoms with Crippen molar-refractivity contribution in [3.05, 3.63) is 29.8 Å². The van der Waals surface area contributed by atoms with E-state index in [2.05, 4.69) is 16.0 Å². The van der Waals surface area contributed by atoms with Crippen LogP contribution in [0, 0.1) is 0 Å². The van der Waals surface area contributed by atoms with E-state index in [0.717, 1.165) is 5.56 Å². The molecule has 1 aromatic carbocycles. The van der Waals surface area contributed by atoms with Crippen molar-refractivity contribution in [1.82, 2.24) is 10.6 Å². The highest BCUT2D eigenvalue weighted by atomic mass is 16.5. The predicted molar refractivity (Wildman–Crippen MR) is 76.5 cm³/mol. The molecule has 110 valence electrons. The lowest BCUT2D eigenvalue weighted by atomic mass is 10.1. The van der Waals surface area contributed by atoms with E-state index in [4.69, 9.17) is 10.5 Å². The number of carbonyl (C=O) groups excluding carboxylic acids is 2. The molecule has 0 aliphatic carbocycles. The highest BCUT2D eigenvalue weighted by molar-refractivity contribution is 5.87. The van der Waals surface area contributed by atoms with Crippen molar-refractivity contribution in [2.75, 3.05) is 25.6 Å². The van der Waals surface area contributed by atoms with E-state index in [1.165, 1.54) is 0 Å². The number of carbonyl (C=O) groups is 2. The van der Waals surface area contributed by atoms with Gasteiger partial charge in [-0.3, -0.25) is 0 Å². The fourth-order valence-electron chi connectivity index (χ4n) is 1.60. The summed E-state index contributed by atoms with van der Waals surface area (Å²) in [5.41, 5.74) is 6.55.